The largest absolute Gasteiger partial charge is 0.351 e. The lowest BCUT2D eigenvalue weighted by Crippen LogP contribution is -2.27. The number of hydrogen-bond acceptors (Lipinski definition) is 12. The lowest BCUT2D eigenvalue weighted by Gasteiger charge is -2.32. The third kappa shape index (κ3) is 7.93. The van der Waals surface area contributed by atoms with Crippen molar-refractivity contribution in [3.63, 3.8) is 0 Å². The molecule has 0 unspecified atom stereocenters. The van der Waals surface area contributed by atoms with Crippen LogP contribution in [0.2, 0.25) is 0 Å². The number of benzene rings is 2. The van der Waals surface area contributed by atoms with Gasteiger partial charge in [0, 0.05) is 46.0 Å². The molecule has 12 heteroatoms. The van der Waals surface area contributed by atoms with Gasteiger partial charge in [0.25, 0.3) is 0 Å². The SMILES string of the molecule is c1cc(N2CSCCSC2)c(N2CSCCSC2)cc1-c1ccc(N2CSCCSC2)c(N2CSCCSC2)c1. The van der Waals surface area contributed by atoms with E-state index in [0.29, 0.717) is 0 Å². The van der Waals surface area contributed by atoms with Gasteiger partial charge < -0.3 is 19.6 Å². The summed E-state index contributed by atoms with van der Waals surface area (Å²) in [4.78, 5) is 10.5. The maximum absolute atomic E-state index is 2.63. The standard InChI is InChI=1S/C28H38N4S8/c1-3-25(29-15-33-5-6-34-16-29)27(31-19-37-9-10-38-20-31)13-23(1)24-2-4-26(30-17-35-7-8-36-18-30)28(14-24)32-21-39-11-12-40-22-32/h1-4,13-14H,5-12,15-22H2. The quantitative estimate of drug-likeness (QED) is 0.301. The summed E-state index contributed by atoms with van der Waals surface area (Å²) in [5, 5.41) is 0. The van der Waals surface area contributed by atoms with Crippen molar-refractivity contribution in [3.05, 3.63) is 36.4 Å². The molecule has 0 N–H and O–H groups in total. The zero-order chi connectivity index (χ0) is 27.0. The zero-order valence-corrected chi connectivity index (χ0v) is 29.4. The van der Waals surface area contributed by atoms with Crippen molar-refractivity contribution in [2.24, 2.45) is 0 Å². The van der Waals surface area contributed by atoms with Gasteiger partial charge in [0.05, 0.1) is 69.8 Å². The van der Waals surface area contributed by atoms with Crippen LogP contribution in [0.1, 0.15) is 0 Å². The first-order valence-electron chi connectivity index (χ1n) is 13.8. The third-order valence-electron chi connectivity index (χ3n) is 7.11. The van der Waals surface area contributed by atoms with E-state index in [9.17, 15) is 0 Å². The minimum atomic E-state index is 1.08. The molecule has 0 atom stereocenters. The van der Waals surface area contributed by atoms with Crippen LogP contribution in [-0.2, 0) is 0 Å². The molecule has 4 nitrogen and oxygen atoms in total. The molecule has 4 saturated heterocycles. The summed E-state index contributed by atoms with van der Waals surface area (Å²) < 4.78 is 0. The molecule has 4 fully saturated rings. The van der Waals surface area contributed by atoms with E-state index in [-0.39, 0.29) is 0 Å². The van der Waals surface area contributed by atoms with Crippen LogP contribution in [-0.4, -0.2) is 93.0 Å². The number of rotatable bonds is 5. The van der Waals surface area contributed by atoms with Gasteiger partial charge in [-0.1, -0.05) is 12.1 Å². The van der Waals surface area contributed by atoms with Crippen LogP contribution >= 0.6 is 94.1 Å². The highest BCUT2D eigenvalue weighted by Crippen LogP contribution is 2.42. The Labute approximate surface area is 274 Å². The Morgan fingerprint density at radius 2 is 0.575 bits per heavy atom. The molecule has 4 heterocycles. The summed E-state index contributed by atoms with van der Waals surface area (Å²) in [6.07, 6.45) is 0. The van der Waals surface area contributed by atoms with Gasteiger partial charge in [0.15, 0.2) is 0 Å². The van der Waals surface area contributed by atoms with Crippen molar-refractivity contribution in [3.8, 4) is 11.1 Å². The predicted molar refractivity (Wildman–Crippen MR) is 200 cm³/mol. The van der Waals surface area contributed by atoms with Gasteiger partial charge in [-0.05, 0) is 35.4 Å². The maximum Gasteiger partial charge on any atom is 0.0649 e. The highest BCUT2D eigenvalue weighted by atomic mass is 32.2. The van der Waals surface area contributed by atoms with E-state index in [2.05, 4.69) is 150 Å². The molecule has 0 aromatic heterocycles. The van der Waals surface area contributed by atoms with Crippen LogP contribution in [0.4, 0.5) is 22.7 Å². The molecular formula is C28H38N4S8. The normalized spacial score (nSPS) is 21.9. The number of thioether (sulfide) groups is 8. The minimum absolute atomic E-state index is 1.08. The average molecular weight is 687 g/mol. The van der Waals surface area contributed by atoms with Gasteiger partial charge in [-0.2, -0.15) is 0 Å². The molecule has 0 radical (unpaired) electrons. The van der Waals surface area contributed by atoms with E-state index in [1.807, 2.05) is 0 Å². The van der Waals surface area contributed by atoms with Crippen molar-refractivity contribution in [2.75, 3.05) is 113 Å². The van der Waals surface area contributed by atoms with Crippen molar-refractivity contribution >= 4 is 117 Å². The maximum atomic E-state index is 2.63. The Morgan fingerprint density at radius 3 is 0.850 bits per heavy atom. The van der Waals surface area contributed by atoms with Gasteiger partial charge in [0.2, 0.25) is 0 Å². The summed E-state index contributed by atoms with van der Waals surface area (Å²) in [6.45, 7) is 0. The smallest absolute Gasteiger partial charge is 0.0649 e. The van der Waals surface area contributed by atoms with Crippen LogP contribution in [0.3, 0.4) is 0 Å². The molecular weight excluding hydrogens is 649 g/mol. The second kappa shape index (κ2) is 16.0. The fourth-order valence-electron chi connectivity index (χ4n) is 5.02. The molecule has 0 spiro atoms. The highest BCUT2D eigenvalue weighted by molar-refractivity contribution is 8.04. The molecule has 6 rings (SSSR count). The first-order chi connectivity index (χ1) is 19.9. The van der Waals surface area contributed by atoms with Crippen molar-refractivity contribution in [2.45, 2.75) is 0 Å². The van der Waals surface area contributed by atoms with Crippen molar-refractivity contribution in [1.29, 1.82) is 0 Å². The third-order valence-corrected chi connectivity index (χ3v) is 16.0. The first kappa shape index (κ1) is 30.5. The van der Waals surface area contributed by atoms with E-state index in [1.165, 1.54) is 79.9 Å². The Morgan fingerprint density at radius 1 is 0.325 bits per heavy atom. The molecule has 0 amide bonds. The monoisotopic (exact) mass is 686 g/mol. The summed E-state index contributed by atoms with van der Waals surface area (Å²) in [5.41, 5.74) is 8.32. The van der Waals surface area contributed by atoms with Crippen LogP contribution in [0, 0.1) is 0 Å². The second-order valence-corrected chi connectivity index (χ2v) is 18.5. The van der Waals surface area contributed by atoms with Crippen LogP contribution in [0.15, 0.2) is 36.4 Å². The predicted octanol–water partition coefficient (Wildman–Crippen LogP) is 8.16. The van der Waals surface area contributed by atoms with Gasteiger partial charge in [-0.15, -0.1) is 94.1 Å². The molecule has 0 bridgehead atoms. The van der Waals surface area contributed by atoms with Crippen LogP contribution in [0.25, 0.3) is 11.1 Å². The van der Waals surface area contributed by atoms with E-state index in [4.69, 9.17) is 0 Å². The van der Waals surface area contributed by atoms with Crippen LogP contribution < -0.4 is 19.6 Å². The molecule has 4 aliphatic heterocycles. The zero-order valence-electron chi connectivity index (χ0n) is 22.8. The first-order valence-corrected chi connectivity index (χ1v) is 23.0. The van der Waals surface area contributed by atoms with Gasteiger partial charge in [-0.3, -0.25) is 0 Å². The Hall–Kier alpha value is 0.440. The Kier molecular flexibility index (Phi) is 12.2. The van der Waals surface area contributed by atoms with Crippen molar-refractivity contribution in [1.82, 2.24) is 0 Å². The Bertz CT molecular complexity index is 990. The molecule has 0 saturated carbocycles. The fraction of sp³-hybridized carbons (Fsp3) is 0.571. The van der Waals surface area contributed by atoms with E-state index in [0.717, 1.165) is 47.0 Å². The summed E-state index contributed by atoms with van der Waals surface area (Å²) in [7, 11) is 0. The highest BCUT2D eigenvalue weighted by Gasteiger charge is 2.23. The van der Waals surface area contributed by atoms with Gasteiger partial charge in [0.1, 0.15) is 0 Å². The summed E-state index contributed by atoms with van der Waals surface area (Å²) in [6, 6.07) is 14.6. The molecule has 218 valence electrons. The average Bonchev–Trinajstić information content (AvgIpc) is 3.61. The number of nitrogens with zero attached hydrogens (tertiary/aromatic N) is 4. The molecule has 40 heavy (non-hydrogen) atoms. The van der Waals surface area contributed by atoms with Crippen LogP contribution in [0.5, 0.6) is 0 Å². The molecule has 2 aromatic rings. The van der Waals surface area contributed by atoms with E-state index >= 15 is 0 Å². The lowest BCUT2D eigenvalue weighted by atomic mass is 10.0. The Balaban J connectivity index is 1.38. The van der Waals surface area contributed by atoms with E-state index < -0.39 is 0 Å². The van der Waals surface area contributed by atoms with Gasteiger partial charge >= 0.3 is 0 Å². The van der Waals surface area contributed by atoms with Gasteiger partial charge in [-0.25, -0.2) is 0 Å². The summed E-state index contributed by atoms with van der Waals surface area (Å²) >= 11 is 16.6. The molecule has 2 aromatic carbocycles. The fourth-order valence-corrected chi connectivity index (χ4v) is 13.9. The second-order valence-electron chi connectivity index (χ2n) is 9.87. The summed E-state index contributed by atoms with van der Waals surface area (Å²) in [5.74, 6) is 18.6. The lowest BCUT2D eigenvalue weighted by molar-refractivity contribution is 1.02. The topological polar surface area (TPSA) is 13.0 Å². The number of hydrogen-bond donors (Lipinski definition) is 0. The van der Waals surface area contributed by atoms with E-state index in [1.54, 1.807) is 0 Å². The molecule has 4 aliphatic rings. The number of anilines is 4. The minimum Gasteiger partial charge on any atom is -0.351 e. The molecule has 0 aliphatic carbocycles. The van der Waals surface area contributed by atoms with Crippen molar-refractivity contribution < 1.29 is 0 Å².